The van der Waals surface area contributed by atoms with E-state index in [9.17, 15) is 0 Å². The molecule has 0 heteroatoms. The summed E-state index contributed by atoms with van der Waals surface area (Å²) >= 11 is 0. The first-order chi connectivity index (χ1) is 7.62. The van der Waals surface area contributed by atoms with Crippen molar-refractivity contribution in [3.8, 4) is 0 Å². The summed E-state index contributed by atoms with van der Waals surface area (Å²) in [7, 11) is 0. The fourth-order valence-electron chi connectivity index (χ4n) is 1.49. The van der Waals surface area contributed by atoms with E-state index in [4.69, 9.17) is 0 Å². The molecule has 0 aromatic heterocycles. The van der Waals surface area contributed by atoms with Gasteiger partial charge in [-0.1, -0.05) is 56.9 Å². The second-order valence-electron chi connectivity index (χ2n) is 4.15. The van der Waals surface area contributed by atoms with Gasteiger partial charge in [-0.15, -0.1) is 6.58 Å². The van der Waals surface area contributed by atoms with Crippen molar-refractivity contribution >= 4 is 0 Å². The van der Waals surface area contributed by atoms with E-state index < -0.39 is 0 Å². The molecular weight excluding hydrogens is 192 g/mol. The highest BCUT2D eigenvalue weighted by Gasteiger charge is 2.08. The van der Waals surface area contributed by atoms with Gasteiger partial charge in [0.2, 0.25) is 0 Å². The molecule has 0 amide bonds. The van der Waals surface area contributed by atoms with Crippen LogP contribution in [0.1, 0.15) is 40.5 Å². The number of rotatable bonds is 1. The molecule has 16 heavy (non-hydrogen) atoms. The van der Waals surface area contributed by atoms with Crippen LogP contribution >= 0.6 is 0 Å². The maximum Gasteiger partial charge on any atom is -0.0259 e. The molecule has 2 unspecified atom stereocenters. The molecule has 0 radical (unpaired) electrons. The van der Waals surface area contributed by atoms with Crippen LogP contribution in [0.2, 0.25) is 0 Å². The summed E-state index contributed by atoms with van der Waals surface area (Å²) in [6, 6.07) is 0. The molecule has 0 nitrogen and oxygen atoms in total. The molecule has 0 aromatic carbocycles. The molecule has 1 rings (SSSR count). The Morgan fingerprint density at radius 3 is 1.94 bits per heavy atom. The molecule has 0 heterocycles. The van der Waals surface area contributed by atoms with Crippen LogP contribution in [0, 0.1) is 11.8 Å². The Labute approximate surface area is 102 Å². The summed E-state index contributed by atoms with van der Waals surface area (Å²) in [6.07, 6.45) is 14.6. The summed E-state index contributed by atoms with van der Waals surface area (Å²) in [6.45, 7) is 15.3. The predicted molar refractivity (Wildman–Crippen MR) is 77.6 cm³/mol. The smallest absolute Gasteiger partial charge is 0.0259 e. The lowest BCUT2D eigenvalue weighted by Crippen LogP contribution is -2.04. The molecule has 1 aliphatic rings. The highest BCUT2D eigenvalue weighted by molar-refractivity contribution is 4.94. The minimum absolute atomic E-state index is 0.832. The maximum atomic E-state index is 3.46. The second-order valence-corrected chi connectivity index (χ2v) is 4.15. The van der Waals surface area contributed by atoms with Gasteiger partial charge in [0.05, 0.1) is 0 Å². The number of hydrogen-bond acceptors (Lipinski definition) is 0. The monoisotopic (exact) mass is 220 g/mol. The Morgan fingerprint density at radius 1 is 1.19 bits per heavy atom. The van der Waals surface area contributed by atoms with Crippen LogP contribution in [0.3, 0.4) is 0 Å². The van der Waals surface area contributed by atoms with E-state index in [1.165, 1.54) is 12.8 Å². The summed E-state index contributed by atoms with van der Waals surface area (Å²) in [4.78, 5) is 0. The molecule has 0 aromatic rings. The van der Waals surface area contributed by atoms with Gasteiger partial charge in [0.15, 0.2) is 0 Å². The normalized spacial score (nSPS) is 22.5. The van der Waals surface area contributed by atoms with Crippen LogP contribution in [0.4, 0.5) is 0 Å². The molecule has 0 saturated heterocycles. The van der Waals surface area contributed by atoms with E-state index in [0.717, 1.165) is 11.8 Å². The Kier molecular flexibility index (Phi) is 15.1. The van der Waals surface area contributed by atoms with E-state index in [1.54, 1.807) is 12.2 Å². The van der Waals surface area contributed by atoms with Gasteiger partial charge in [0.1, 0.15) is 0 Å². The van der Waals surface area contributed by atoms with Crippen molar-refractivity contribution in [3.05, 3.63) is 49.6 Å². The molecule has 2 atom stereocenters. The fourth-order valence-corrected chi connectivity index (χ4v) is 1.49. The van der Waals surface area contributed by atoms with Crippen molar-refractivity contribution in [2.45, 2.75) is 40.5 Å². The third-order valence-electron chi connectivity index (χ3n) is 2.11. The first-order valence-electron chi connectivity index (χ1n) is 6.09. The summed E-state index contributed by atoms with van der Waals surface area (Å²) < 4.78 is 0. The molecule has 0 aliphatic heterocycles. The molecule has 0 fully saturated rings. The van der Waals surface area contributed by atoms with Gasteiger partial charge in [-0.3, -0.25) is 0 Å². The Bertz CT molecular complexity index is 208. The van der Waals surface area contributed by atoms with Crippen LogP contribution in [-0.2, 0) is 0 Å². The fraction of sp³-hybridized carbons (Fsp3) is 0.500. The van der Waals surface area contributed by atoms with Crippen molar-refractivity contribution < 1.29 is 0 Å². The SMILES string of the molecule is C=CC.C=CC=CC.CC1C=CCC(C)C1. The van der Waals surface area contributed by atoms with Crippen molar-refractivity contribution in [1.82, 2.24) is 0 Å². The zero-order chi connectivity index (χ0) is 12.8. The van der Waals surface area contributed by atoms with Crippen LogP contribution in [0.25, 0.3) is 0 Å². The van der Waals surface area contributed by atoms with Crippen molar-refractivity contribution in [3.63, 3.8) is 0 Å². The van der Waals surface area contributed by atoms with E-state index in [0.29, 0.717) is 0 Å². The summed E-state index contributed by atoms with van der Waals surface area (Å²) in [5, 5.41) is 0. The average molecular weight is 220 g/mol. The molecule has 0 N–H and O–H groups in total. The molecule has 0 spiro atoms. The third-order valence-corrected chi connectivity index (χ3v) is 2.11. The molecule has 0 bridgehead atoms. The van der Waals surface area contributed by atoms with Crippen LogP contribution in [0.5, 0.6) is 0 Å². The minimum atomic E-state index is 0.832. The van der Waals surface area contributed by atoms with E-state index in [1.807, 2.05) is 26.0 Å². The van der Waals surface area contributed by atoms with Crippen LogP contribution in [0.15, 0.2) is 49.6 Å². The highest BCUT2D eigenvalue weighted by Crippen LogP contribution is 2.21. The number of allylic oxidation sites excluding steroid dienone is 6. The minimum Gasteiger partial charge on any atom is -0.103 e. The molecule has 1 aliphatic carbocycles. The van der Waals surface area contributed by atoms with Gasteiger partial charge in [0, 0.05) is 0 Å². The quantitative estimate of drug-likeness (QED) is 0.401. The van der Waals surface area contributed by atoms with E-state index >= 15 is 0 Å². The molecule has 92 valence electrons. The summed E-state index contributed by atoms with van der Waals surface area (Å²) in [5.74, 6) is 1.76. The van der Waals surface area contributed by atoms with Gasteiger partial charge in [-0.05, 0) is 38.5 Å². The van der Waals surface area contributed by atoms with E-state index in [2.05, 4.69) is 39.2 Å². The highest BCUT2D eigenvalue weighted by atomic mass is 14.1. The lowest BCUT2D eigenvalue weighted by atomic mass is 9.89. The van der Waals surface area contributed by atoms with Crippen molar-refractivity contribution in [2.24, 2.45) is 11.8 Å². The van der Waals surface area contributed by atoms with Crippen LogP contribution in [-0.4, -0.2) is 0 Å². The standard InChI is InChI=1S/C8H14.C5H8.C3H6/c1-7-4-3-5-8(2)6-7;1-3-5-4-2;1-3-2/h3-4,7-8H,5-6H2,1-2H3;3-5H,1H2,2H3;3H,1H2,2H3. The Morgan fingerprint density at radius 2 is 1.75 bits per heavy atom. The summed E-state index contributed by atoms with van der Waals surface area (Å²) in [5.41, 5.74) is 0. The Hall–Kier alpha value is -1.04. The van der Waals surface area contributed by atoms with Gasteiger partial charge in [0.25, 0.3) is 0 Å². The topological polar surface area (TPSA) is 0 Å². The van der Waals surface area contributed by atoms with Crippen molar-refractivity contribution in [1.29, 1.82) is 0 Å². The van der Waals surface area contributed by atoms with Crippen LogP contribution < -0.4 is 0 Å². The lowest BCUT2D eigenvalue weighted by molar-refractivity contribution is 0.449. The van der Waals surface area contributed by atoms with Gasteiger partial charge < -0.3 is 0 Å². The molecule has 0 saturated carbocycles. The second kappa shape index (κ2) is 14.0. The zero-order valence-electron chi connectivity index (χ0n) is 11.4. The maximum absolute atomic E-state index is 3.46. The third kappa shape index (κ3) is 15.4. The first kappa shape index (κ1) is 17.4. The largest absolute Gasteiger partial charge is 0.103 e. The number of hydrogen-bond donors (Lipinski definition) is 0. The molecular formula is C16H28. The van der Waals surface area contributed by atoms with Gasteiger partial charge in [-0.25, -0.2) is 0 Å². The van der Waals surface area contributed by atoms with Crippen molar-refractivity contribution in [2.75, 3.05) is 0 Å². The average Bonchev–Trinajstić information content (AvgIpc) is 2.20. The zero-order valence-corrected chi connectivity index (χ0v) is 11.4. The van der Waals surface area contributed by atoms with E-state index in [-0.39, 0.29) is 0 Å². The van der Waals surface area contributed by atoms with Gasteiger partial charge >= 0.3 is 0 Å². The lowest BCUT2D eigenvalue weighted by Gasteiger charge is -2.16. The predicted octanol–water partition coefficient (Wildman–Crippen LogP) is 5.55. The first-order valence-corrected chi connectivity index (χ1v) is 6.09. The Balaban J connectivity index is 0. The van der Waals surface area contributed by atoms with Gasteiger partial charge in [-0.2, -0.15) is 0 Å².